The Morgan fingerprint density at radius 1 is 1.09 bits per heavy atom. The lowest BCUT2D eigenvalue weighted by Crippen LogP contribution is -2.45. The zero-order valence-electron chi connectivity index (χ0n) is 12.5. The number of ether oxygens (including phenoxy) is 1. The molecule has 0 spiro atoms. The number of methoxy groups -OCH3 is 1. The Balaban J connectivity index is 2.21. The molecule has 1 heterocycles. The van der Waals surface area contributed by atoms with Crippen molar-refractivity contribution in [1.82, 2.24) is 0 Å². The summed E-state index contributed by atoms with van der Waals surface area (Å²) in [5.74, 6) is -0.369. The highest BCUT2D eigenvalue weighted by Crippen LogP contribution is 2.46. The van der Waals surface area contributed by atoms with Gasteiger partial charge in [-0.2, -0.15) is 0 Å². The molecular weight excluding hydrogens is 278 g/mol. The van der Waals surface area contributed by atoms with Crippen LogP contribution in [-0.4, -0.2) is 18.8 Å². The van der Waals surface area contributed by atoms with Crippen molar-refractivity contribution in [3.05, 3.63) is 71.8 Å². The number of carbonyl (C=O) groups excluding carboxylic acids is 1. The largest absolute Gasteiger partial charge is 0.468 e. The molecular formula is C18H17NO3. The van der Waals surface area contributed by atoms with Crippen molar-refractivity contribution in [2.24, 2.45) is 5.16 Å². The van der Waals surface area contributed by atoms with E-state index >= 15 is 0 Å². The van der Waals surface area contributed by atoms with Gasteiger partial charge in [0.1, 0.15) is 0 Å². The topological polar surface area (TPSA) is 47.9 Å². The minimum atomic E-state index is -1.06. The van der Waals surface area contributed by atoms with E-state index in [1.54, 1.807) is 6.92 Å². The van der Waals surface area contributed by atoms with Crippen LogP contribution < -0.4 is 0 Å². The van der Waals surface area contributed by atoms with Crippen LogP contribution in [0.5, 0.6) is 0 Å². The van der Waals surface area contributed by atoms with E-state index in [1.165, 1.54) is 7.11 Å². The van der Waals surface area contributed by atoms with Crippen LogP contribution in [0.4, 0.5) is 0 Å². The quantitative estimate of drug-likeness (QED) is 0.817. The number of esters is 1. The van der Waals surface area contributed by atoms with Gasteiger partial charge >= 0.3 is 5.97 Å². The number of hydrogen-bond acceptors (Lipinski definition) is 4. The first-order valence-corrected chi connectivity index (χ1v) is 7.11. The normalized spacial score (nSPS) is 23.5. The number of carbonyl (C=O) groups is 1. The minimum absolute atomic E-state index is 0.369. The van der Waals surface area contributed by atoms with Crippen LogP contribution in [0.2, 0.25) is 0 Å². The zero-order valence-corrected chi connectivity index (χ0v) is 12.5. The first-order chi connectivity index (χ1) is 10.7. The second-order valence-corrected chi connectivity index (χ2v) is 5.24. The van der Waals surface area contributed by atoms with Crippen molar-refractivity contribution >= 4 is 11.7 Å². The Kier molecular flexibility index (Phi) is 3.67. The molecule has 1 aliphatic rings. The van der Waals surface area contributed by atoms with Gasteiger partial charge in [-0.1, -0.05) is 65.8 Å². The van der Waals surface area contributed by atoms with E-state index in [0.717, 1.165) is 11.1 Å². The second kappa shape index (κ2) is 5.64. The molecule has 3 rings (SSSR count). The van der Waals surface area contributed by atoms with E-state index in [9.17, 15) is 4.79 Å². The number of benzene rings is 2. The summed E-state index contributed by atoms with van der Waals surface area (Å²) in [7, 11) is 1.39. The van der Waals surface area contributed by atoms with Gasteiger partial charge in [-0.15, -0.1) is 0 Å². The van der Waals surface area contributed by atoms with E-state index in [-0.39, 0.29) is 5.97 Å². The molecule has 4 heteroatoms. The van der Waals surface area contributed by atoms with Gasteiger partial charge in [0.05, 0.1) is 12.8 Å². The van der Waals surface area contributed by atoms with E-state index < -0.39 is 11.5 Å². The van der Waals surface area contributed by atoms with Crippen molar-refractivity contribution < 1.29 is 14.4 Å². The molecule has 0 fully saturated rings. The monoisotopic (exact) mass is 295 g/mol. The predicted molar refractivity (Wildman–Crippen MR) is 83.5 cm³/mol. The van der Waals surface area contributed by atoms with Gasteiger partial charge in [0.25, 0.3) is 0 Å². The summed E-state index contributed by atoms with van der Waals surface area (Å²) in [4.78, 5) is 18.4. The fourth-order valence-electron chi connectivity index (χ4n) is 3.01. The Morgan fingerprint density at radius 3 is 2.27 bits per heavy atom. The number of hydrogen-bond donors (Lipinski definition) is 0. The van der Waals surface area contributed by atoms with Gasteiger partial charge in [-0.3, -0.25) is 4.79 Å². The van der Waals surface area contributed by atoms with Crippen LogP contribution in [0, 0.1) is 0 Å². The maximum Gasteiger partial charge on any atom is 0.326 e. The molecule has 2 unspecified atom stereocenters. The molecule has 22 heavy (non-hydrogen) atoms. The third-order valence-corrected chi connectivity index (χ3v) is 4.10. The van der Waals surface area contributed by atoms with Crippen molar-refractivity contribution in [3.63, 3.8) is 0 Å². The predicted octanol–water partition coefficient (Wildman–Crippen LogP) is 3.24. The fraction of sp³-hybridized carbons (Fsp3) is 0.222. The van der Waals surface area contributed by atoms with Gasteiger partial charge in [0.15, 0.2) is 11.5 Å². The van der Waals surface area contributed by atoms with E-state index in [4.69, 9.17) is 9.57 Å². The van der Waals surface area contributed by atoms with Crippen LogP contribution in [0.25, 0.3) is 0 Å². The lowest BCUT2D eigenvalue weighted by atomic mass is 9.70. The molecule has 0 bridgehead atoms. The number of rotatable bonds is 3. The highest BCUT2D eigenvalue weighted by Gasteiger charge is 2.57. The molecule has 1 aliphatic heterocycles. The summed E-state index contributed by atoms with van der Waals surface area (Å²) >= 11 is 0. The average Bonchev–Trinajstić information content (AvgIpc) is 2.94. The van der Waals surface area contributed by atoms with Crippen molar-refractivity contribution in [2.75, 3.05) is 7.11 Å². The standard InChI is InChI=1S/C18H17NO3/c1-13-18(17(20)21-2,15-11-7-4-8-12-15)16(22-19-13)14-9-5-3-6-10-14/h3-12,16H,1-2H3. The second-order valence-electron chi connectivity index (χ2n) is 5.24. The van der Waals surface area contributed by atoms with Gasteiger partial charge in [-0.05, 0) is 18.1 Å². The molecule has 2 aromatic rings. The lowest BCUT2D eigenvalue weighted by Gasteiger charge is -2.31. The van der Waals surface area contributed by atoms with Gasteiger partial charge in [-0.25, -0.2) is 0 Å². The molecule has 0 amide bonds. The Hall–Kier alpha value is -2.62. The fourth-order valence-corrected chi connectivity index (χ4v) is 3.01. The highest BCUT2D eigenvalue weighted by molar-refractivity contribution is 6.12. The molecule has 0 N–H and O–H groups in total. The number of nitrogens with zero attached hydrogens (tertiary/aromatic N) is 1. The summed E-state index contributed by atoms with van der Waals surface area (Å²) in [6, 6.07) is 19.1. The molecule has 2 aromatic carbocycles. The van der Waals surface area contributed by atoms with Crippen LogP contribution in [0.3, 0.4) is 0 Å². The first kappa shape index (κ1) is 14.3. The SMILES string of the molecule is COC(=O)C1(c2ccccc2)C(C)=NOC1c1ccccc1. The lowest BCUT2D eigenvalue weighted by molar-refractivity contribution is -0.148. The minimum Gasteiger partial charge on any atom is -0.468 e. The maximum absolute atomic E-state index is 12.7. The van der Waals surface area contributed by atoms with Crippen molar-refractivity contribution in [3.8, 4) is 0 Å². The van der Waals surface area contributed by atoms with Crippen LogP contribution in [-0.2, 0) is 19.8 Å². The Labute approximate surface area is 129 Å². The van der Waals surface area contributed by atoms with Crippen molar-refractivity contribution in [2.45, 2.75) is 18.4 Å². The molecule has 0 radical (unpaired) electrons. The highest BCUT2D eigenvalue weighted by atomic mass is 16.6. The van der Waals surface area contributed by atoms with Crippen LogP contribution in [0.1, 0.15) is 24.2 Å². The molecule has 0 aliphatic carbocycles. The summed E-state index contributed by atoms with van der Waals surface area (Å²) in [6.45, 7) is 1.80. The molecule has 4 nitrogen and oxygen atoms in total. The van der Waals surface area contributed by atoms with Gasteiger partial charge in [0, 0.05) is 0 Å². The van der Waals surface area contributed by atoms with Gasteiger partial charge in [0.2, 0.25) is 0 Å². The average molecular weight is 295 g/mol. The van der Waals surface area contributed by atoms with Crippen LogP contribution in [0.15, 0.2) is 65.8 Å². The third-order valence-electron chi connectivity index (χ3n) is 4.10. The van der Waals surface area contributed by atoms with E-state index in [1.807, 2.05) is 60.7 Å². The Morgan fingerprint density at radius 2 is 1.68 bits per heavy atom. The Bertz CT molecular complexity index is 697. The molecule has 0 saturated carbocycles. The van der Waals surface area contributed by atoms with Gasteiger partial charge < -0.3 is 9.57 Å². The summed E-state index contributed by atoms with van der Waals surface area (Å²) in [5, 5.41) is 4.11. The van der Waals surface area contributed by atoms with Crippen LogP contribution >= 0.6 is 0 Å². The summed E-state index contributed by atoms with van der Waals surface area (Å²) in [5.41, 5.74) is 1.24. The molecule has 112 valence electrons. The zero-order chi connectivity index (χ0) is 15.6. The summed E-state index contributed by atoms with van der Waals surface area (Å²) < 4.78 is 5.11. The molecule has 0 saturated heterocycles. The smallest absolute Gasteiger partial charge is 0.326 e. The first-order valence-electron chi connectivity index (χ1n) is 7.11. The third kappa shape index (κ3) is 1.99. The summed E-state index contributed by atoms with van der Waals surface area (Å²) in [6.07, 6.45) is -0.538. The van der Waals surface area contributed by atoms with E-state index in [2.05, 4.69) is 5.16 Å². The molecule has 2 atom stereocenters. The van der Waals surface area contributed by atoms with E-state index in [0.29, 0.717) is 5.71 Å². The van der Waals surface area contributed by atoms with Crippen molar-refractivity contribution in [1.29, 1.82) is 0 Å². The maximum atomic E-state index is 12.7. The molecule has 0 aromatic heterocycles. The number of oxime groups is 1.